The molecule has 4 heteroatoms. The molecule has 1 aliphatic rings. The van der Waals surface area contributed by atoms with E-state index in [4.69, 9.17) is 16.3 Å². The van der Waals surface area contributed by atoms with Crippen molar-refractivity contribution in [3.8, 4) is 5.88 Å². The lowest BCUT2D eigenvalue weighted by atomic mass is 9.75. The Labute approximate surface area is 117 Å². The Balaban J connectivity index is 1.71. The third kappa shape index (κ3) is 2.43. The van der Waals surface area contributed by atoms with Crippen molar-refractivity contribution in [3.05, 3.63) is 53.5 Å². The number of hydrogen-bond acceptors (Lipinski definition) is 3. The lowest BCUT2D eigenvalue weighted by Gasteiger charge is -2.33. The van der Waals surface area contributed by atoms with Crippen LogP contribution >= 0.6 is 11.6 Å². The molecule has 2 aromatic rings. The van der Waals surface area contributed by atoms with Gasteiger partial charge < -0.3 is 4.74 Å². The van der Waals surface area contributed by atoms with Gasteiger partial charge in [-0.25, -0.2) is 9.97 Å². The molecule has 2 unspecified atom stereocenters. The summed E-state index contributed by atoms with van der Waals surface area (Å²) in [5, 5.41) is 0.0644. The molecule has 19 heavy (non-hydrogen) atoms. The molecule has 2 atom stereocenters. The molecular formula is C15H15ClN2O. The van der Waals surface area contributed by atoms with Gasteiger partial charge >= 0.3 is 0 Å². The number of rotatable bonds is 4. The van der Waals surface area contributed by atoms with Gasteiger partial charge in [0.1, 0.15) is 6.33 Å². The fraction of sp³-hybridized carbons (Fsp3) is 0.333. The quantitative estimate of drug-likeness (QED) is 0.804. The molecule has 3 nitrogen and oxygen atoms in total. The molecule has 0 saturated carbocycles. The number of benzene rings is 1. The molecule has 0 N–H and O–H groups in total. The van der Waals surface area contributed by atoms with E-state index in [1.165, 1.54) is 17.5 Å². The molecule has 0 bridgehead atoms. The number of aromatic nitrogens is 2. The van der Waals surface area contributed by atoms with Crippen LogP contribution in [0.15, 0.2) is 36.7 Å². The number of methoxy groups -OCH3 is 1. The number of ether oxygens (including phenoxy) is 1. The fourth-order valence-corrected chi connectivity index (χ4v) is 2.95. The second-order valence-electron chi connectivity index (χ2n) is 4.78. The van der Waals surface area contributed by atoms with Crippen LogP contribution < -0.4 is 4.74 Å². The number of alkyl halides is 1. The Kier molecular flexibility index (Phi) is 3.38. The van der Waals surface area contributed by atoms with Crippen LogP contribution in [0, 0.1) is 0 Å². The third-order valence-electron chi connectivity index (χ3n) is 3.64. The van der Waals surface area contributed by atoms with Gasteiger partial charge in [0.25, 0.3) is 0 Å². The average molecular weight is 275 g/mol. The Morgan fingerprint density at radius 2 is 2.21 bits per heavy atom. The molecule has 98 valence electrons. The van der Waals surface area contributed by atoms with Gasteiger partial charge in [-0.3, -0.25) is 0 Å². The maximum Gasteiger partial charge on any atom is 0.216 e. The zero-order valence-corrected chi connectivity index (χ0v) is 11.5. The second kappa shape index (κ2) is 5.17. The molecule has 1 aliphatic carbocycles. The van der Waals surface area contributed by atoms with Gasteiger partial charge in [-0.15, -0.1) is 11.6 Å². The van der Waals surface area contributed by atoms with Crippen LogP contribution in [-0.4, -0.2) is 22.5 Å². The van der Waals surface area contributed by atoms with Crippen molar-refractivity contribution in [1.29, 1.82) is 0 Å². The Morgan fingerprint density at radius 1 is 1.37 bits per heavy atom. The summed E-state index contributed by atoms with van der Waals surface area (Å²) >= 11 is 6.54. The van der Waals surface area contributed by atoms with E-state index in [9.17, 15) is 0 Å². The van der Waals surface area contributed by atoms with Gasteiger partial charge in [-0.2, -0.15) is 0 Å². The monoisotopic (exact) mass is 274 g/mol. The first-order valence-electron chi connectivity index (χ1n) is 6.34. The van der Waals surface area contributed by atoms with Crippen LogP contribution in [0.25, 0.3) is 0 Å². The summed E-state index contributed by atoms with van der Waals surface area (Å²) in [6.07, 6.45) is 3.32. The first-order valence-corrected chi connectivity index (χ1v) is 6.78. The predicted octanol–water partition coefficient (Wildman–Crippen LogP) is 2.98. The van der Waals surface area contributed by atoms with Gasteiger partial charge in [0, 0.05) is 29.5 Å². The van der Waals surface area contributed by atoms with Crippen molar-refractivity contribution in [1.82, 2.24) is 9.97 Å². The number of halogens is 1. The van der Waals surface area contributed by atoms with Crippen LogP contribution in [0.1, 0.15) is 22.7 Å². The smallest absolute Gasteiger partial charge is 0.216 e. The molecule has 0 radical (unpaired) electrons. The van der Waals surface area contributed by atoms with Crippen LogP contribution in [0.5, 0.6) is 5.88 Å². The minimum Gasteiger partial charge on any atom is -0.481 e. The summed E-state index contributed by atoms with van der Waals surface area (Å²) in [5.74, 6) is 1.02. The van der Waals surface area contributed by atoms with E-state index in [1.807, 2.05) is 6.07 Å². The lowest BCUT2D eigenvalue weighted by Crippen LogP contribution is -2.27. The maximum absolute atomic E-state index is 6.54. The zero-order chi connectivity index (χ0) is 13.2. The second-order valence-corrected chi connectivity index (χ2v) is 5.34. The summed E-state index contributed by atoms with van der Waals surface area (Å²) in [6.45, 7) is 0. The molecule has 0 saturated heterocycles. The van der Waals surface area contributed by atoms with Crippen LogP contribution in [0.3, 0.4) is 0 Å². The molecule has 1 aromatic heterocycles. The van der Waals surface area contributed by atoms with Crippen molar-refractivity contribution in [3.63, 3.8) is 0 Å². The summed E-state index contributed by atoms with van der Waals surface area (Å²) in [7, 11) is 1.60. The molecule has 1 heterocycles. The van der Waals surface area contributed by atoms with Gasteiger partial charge in [-0.05, 0) is 17.5 Å². The van der Waals surface area contributed by atoms with Crippen molar-refractivity contribution >= 4 is 11.6 Å². The molecule has 0 fully saturated rings. The fourth-order valence-electron chi connectivity index (χ4n) is 2.56. The number of nitrogens with zero attached hydrogens (tertiary/aromatic N) is 2. The minimum absolute atomic E-state index is 0.0644. The van der Waals surface area contributed by atoms with Gasteiger partial charge in [-0.1, -0.05) is 24.3 Å². The van der Waals surface area contributed by atoms with E-state index in [2.05, 4.69) is 34.2 Å². The molecule has 3 rings (SSSR count). The average Bonchev–Trinajstić information content (AvgIpc) is 2.40. The van der Waals surface area contributed by atoms with Crippen molar-refractivity contribution in [2.75, 3.05) is 7.11 Å². The van der Waals surface area contributed by atoms with E-state index in [-0.39, 0.29) is 5.38 Å². The Hall–Kier alpha value is -1.61. The third-order valence-corrected chi connectivity index (χ3v) is 4.10. The maximum atomic E-state index is 6.54. The van der Waals surface area contributed by atoms with E-state index < -0.39 is 0 Å². The summed E-state index contributed by atoms with van der Waals surface area (Å²) in [4.78, 5) is 8.25. The van der Waals surface area contributed by atoms with Crippen LogP contribution in [-0.2, 0) is 12.8 Å². The molecular weight excluding hydrogens is 260 g/mol. The topological polar surface area (TPSA) is 35.0 Å². The van der Waals surface area contributed by atoms with Crippen LogP contribution in [0.2, 0.25) is 0 Å². The van der Waals surface area contributed by atoms with Crippen molar-refractivity contribution < 1.29 is 4.74 Å². The number of fused-ring (bicyclic) bond motifs is 1. The van der Waals surface area contributed by atoms with Crippen molar-refractivity contribution in [2.45, 2.75) is 24.1 Å². The normalized spacial score (nSPS) is 18.3. The predicted molar refractivity (Wildman–Crippen MR) is 74.8 cm³/mol. The van der Waals surface area contributed by atoms with Gasteiger partial charge in [0.05, 0.1) is 7.11 Å². The first-order chi connectivity index (χ1) is 9.28. The largest absolute Gasteiger partial charge is 0.481 e. The summed E-state index contributed by atoms with van der Waals surface area (Å²) in [5.41, 5.74) is 3.72. The first kappa shape index (κ1) is 12.4. The van der Waals surface area contributed by atoms with E-state index in [0.29, 0.717) is 11.8 Å². The SMILES string of the molecule is COc1cc(CC(Cl)C2Cc3ccccc32)ncn1. The molecule has 0 amide bonds. The highest BCUT2D eigenvalue weighted by atomic mass is 35.5. The van der Waals surface area contributed by atoms with Gasteiger partial charge in [0.2, 0.25) is 5.88 Å². The highest BCUT2D eigenvalue weighted by Gasteiger charge is 2.31. The number of hydrogen-bond donors (Lipinski definition) is 0. The highest BCUT2D eigenvalue weighted by Crippen LogP contribution is 2.40. The highest BCUT2D eigenvalue weighted by molar-refractivity contribution is 6.21. The molecule has 0 spiro atoms. The summed E-state index contributed by atoms with van der Waals surface area (Å²) < 4.78 is 5.10. The zero-order valence-electron chi connectivity index (χ0n) is 10.7. The van der Waals surface area contributed by atoms with E-state index in [1.54, 1.807) is 7.11 Å². The summed E-state index contributed by atoms with van der Waals surface area (Å²) in [6, 6.07) is 10.3. The Morgan fingerprint density at radius 3 is 3.00 bits per heavy atom. The van der Waals surface area contributed by atoms with E-state index in [0.717, 1.165) is 18.5 Å². The minimum atomic E-state index is 0.0644. The molecule has 0 aliphatic heterocycles. The van der Waals surface area contributed by atoms with Crippen molar-refractivity contribution in [2.24, 2.45) is 0 Å². The van der Waals surface area contributed by atoms with E-state index >= 15 is 0 Å². The van der Waals surface area contributed by atoms with Gasteiger partial charge in [0.15, 0.2) is 0 Å². The Bertz CT molecular complexity index is 588. The van der Waals surface area contributed by atoms with Crippen LogP contribution in [0.4, 0.5) is 0 Å². The standard InChI is InChI=1S/C15H15ClN2O/c1-19-15-8-11(17-9-18-15)7-14(16)13-6-10-4-2-3-5-12(10)13/h2-5,8-9,13-14H,6-7H2,1H3. The lowest BCUT2D eigenvalue weighted by molar-refractivity contribution is 0.395. The molecule has 1 aromatic carbocycles.